The third-order valence-electron chi connectivity index (χ3n) is 7.96. The van der Waals surface area contributed by atoms with Crippen molar-refractivity contribution < 1.29 is 19.4 Å². The average molecular weight is 499 g/mol. The van der Waals surface area contributed by atoms with Gasteiger partial charge in [-0.15, -0.1) is 0 Å². The summed E-state index contributed by atoms with van der Waals surface area (Å²) in [6.45, 7) is 15.6. The van der Waals surface area contributed by atoms with Crippen LogP contribution in [0.25, 0.3) is 0 Å². The van der Waals surface area contributed by atoms with Crippen LogP contribution in [0.3, 0.4) is 0 Å². The topological polar surface area (TPSA) is 58.9 Å². The maximum atomic E-state index is 10.4. The molecule has 0 amide bonds. The fraction of sp³-hybridized carbons (Fsp3) is 0.600. The van der Waals surface area contributed by atoms with Crippen molar-refractivity contribution in [3.63, 3.8) is 0 Å². The Hall–Kier alpha value is -1.50. The molecular weight excluding hydrogens is 452 g/mol. The first-order valence-electron chi connectivity index (χ1n) is 13.3. The van der Waals surface area contributed by atoms with Crippen molar-refractivity contribution in [3.8, 4) is 0 Å². The van der Waals surface area contributed by atoms with Crippen LogP contribution in [0.5, 0.6) is 0 Å². The van der Waals surface area contributed by atoms with Crippen LogP contribution in [0.15, 0.2) is 60.7 Å². The number of hydrogen-bond donors (Lipinski definition) is 2. The largest absolute Gasteiger partial charge is 0.407 e. The molecule has 2 aromatic carbocycles. The first-order valence-corrected chi connectivity index (χ1v) is 15.2. The Morgan fingerprint density at radius 1 is 0.914 bits per heavy atom. The number of ether oxygens (including phenoxy) is 1. The van der Waals surface area contributed by atoms with Crippen LogP contribution in [-0.4, -0.2) is 49.6 Å². The van der Waals surface area contributed by atoms with Gasteiger partial charge in [0, 0.05) is 18.4 Å². The normalized spacial score (nSPS) is 25.0. The summed E-state index contributed by atoms with van der Waals surface area (Å²) in [4.78, 5) is 0. The first kappa shape index (κ1) is 28.1. The third-order valence-corrected chi connectivity index (χ3v) is 13.0. The van der Waals surface area contributed by atoms with Crippen LogP contribution in [0.2, 0.25) is 5.04 Å². The molecule has 3 rings (SSSR count). The van der Waals surface area contributed by atoms with E-state index >= 15 is 0 Å². The van der Waals surface area contributed by atoms with E-state index in [9.17, 15) is 10.2 Å². The van der Waals surface area contributed by atoms with Crippen LogP contribution in [-0.2, 0) is 9.16 Å². The molecule has 0 aromatic heterocycles. The second-order valence-corrected chi connectivity index (χ2v) is 16.0. The van der Waals surface area contributed by atoms with E-state index in [2.05, 4.69) is 95.3 Å². The smallest absolute Gasteiger partial charge is 0.261 e. The Morgan fingerprint density at radius 3 is 1.89 bits per heavy atom. The molecule has 1 heterocycles. The molecule has 35 heavy (non-hydrogen) atoms. The van der Waals surface area contributed by atoms with Crippen molar-refractivity contribution in [3.05, 3.63) is 60.7 Å². The van der Waals surface area contributed by atoms with Gasteiger partial charge >= 0.3 is 0 Å². The van der Waals surface area contributed by atoms with Crippen LogP contribution >= 0.6 is 0 Å². The van der Waals surface area contributed by atoms with Gasteiger partial charge in [-0.2, -0.15) is 0 Å². The highest BCUT2D eigenvalue weighted by molar-refractivity contribution is 6.99. The first-order chi connectivity index (χ1) is 16.5. The van der Waals surface area contributed by atoms with Gasteiger partial charge in [-0.3, -0.25) is 0 Å². The predicted molar refractivity (Wildman–Crippen MR) is 147 cm³/mol. The minimum Gasteiger partial charge on any atom is -0.407 e. The molecular formula is C30H46O4Si. The van der Waals surface area contributed by atoms with Gasteiger partial charge in [0.2, 0.25) is 0 Å². The second-order valence-electron chi connectivity index (χ2n) is 11.7. The third kappa shape index (κ3) is 6.08. The highest BCUT2D eigenvalue weighted by atomic mass is 28.4. The van der Waals surface area contributed by atoms with Gasteiger partial charge < -0.3 is 19.4 Å². The van der Waals surface area contributed by atoms with Gasteiger partial charge in [-0.05, 0) is 41.1 Å². The van der Waals surface area contributed by atoms with E-state index in [0.29, 0.717) is 12.5 Å². The van der Waals surface area contributed by atoms with Crippen molar-refractivity contribution in [2.24, 2.45) is 17.8 Å². The number of benzene rings is 2. The lowest BCUT2D eigenvalue weighted by Gasteiger charge is -2.45. The summed E-state index contributed by atoms with van der Waals surface area (Å²) in [7, 11) is -2.60. The van der Waals surface area contributed by atoms with E-state index < -0.39 is 20.5 Å². The van der Waals surface area contributed by atoms with Crippen molar-refractivity contribution >= 4 is 18.7 Å². The number of hydrogen-bond acceptors (Lipinski definition) is 4. The highest BCUT2D eigenvalue weighted by Gasteiger charge is 2.50. The Labute approximate surface area is 213 Å². The van der Waals surface area contributed by atoms with E-state index in [4.69, 9.17) is 9.16 Å². The molecule has 1 aliphatic heterocycles. The van der Waals surface area contributed by atoms with Crippen molar-refractivity contribution in [2.75, 3.05) is 6.61 Å². The fourth-order valence-electron chi connectivity index (χ4n) is 5.85. The monoisotopic (exact) mass is 498 g/mol. The zero-order valence-electron chi connectivity index (χ0n) is 22.6. The summed E-state index contributed by atoms with van der Waals surface area (Å²) in [5.41, 5.74) is 0. The van der Waals surface area contributed by atoms with Crippen LogP contribution < -0.4 is 10.4 Å². The number of aliphatic hydroxyl groups excluding tert-OH is 2. The average Bonchev–Trinajstić information content (AvgIpc) is 2.84. The molecule has 2 N–H and O–H groups in total. The van der Waals surface area contributed by atoms with Gasteiger partial charge in [-0.1, -0.05) is 102 Å². The maximum absolute atomic E-state index is 10.4. The lowest BCUT2D eigenvalue weighted by atomic mass is 9.82. The Kier molecular flexibility index (Phi) is 9.38. The molecule has 0 saturated carbocycles. The summed E-state index contributed by atoms with van der Waals surface area (Å²) in [6.07, 6.45) is 0.410. The van der Waals surface area contributed by atoms with Crippen LogP contribution in [0, 0.1) is 17.8 Å². The van der Waals surface area contributed by atoms with E-state index in [0.717, 1.165) is 12.8 Å². The molecule has 1 unspecified atom stereocenters. The highest BCUT2D eigenvalue weighted by Crippen LogP contribution is 2.39. The molecule has 1 fully saturated rings. The zero-order valence-corrected chi connectivity index (χ0v) is 23.6. The summed E-state index contributed by atoms with van der Waals surface area (Å²) < 4.78 is 13.8. The summed E-state index contributed by atoms with van der Waals surface area (Å²) in [5.74, 6) is 0.500. The standard InChI is InChI=1S/C30H46O4Si/c1-21-18-19-27(23(3)28(32)24(4)31)34-29(21)22(2)20-33-35(30(5,6)7,25-14-10-8-11-15-25)26-16-12-9-13-17-26/h8-17,21-24,27-29,31-32H,18-20H2,1-7H3/t21-,22-,23-,24+,27-,28?,29-/m0/s1. The van der Waals surface area contributed by atoms with Gasteiger partial charge in [0.15, 0.2) is 0 Å². The van der Waals surface area contributed by atoms with Gasteiger partial charge in [0.1, 0.15) is 0 Å². The second kappa shape index (κ2) is 11.7. The molecule has 5 heteroatoms. The molecule has 7 atom stereocenters. The predicted octanol–water partition coefficient (Wildman–Crippen LogP) is 4.76. The van der Waals surface area contributed by atoms with E-state index in [1.54, 1.807) is 6.92 Å². The van der Waals surface area contributed by atoms with Crippen LogP contribution in [0.4, 0.5) is 0 Å². The molecule has 0 spiro atoms. The number of rotatable bonds is 9. The molecule has 194 valence electrons. The fourth-order valence-corrected chi connectivity index (χ4v) is 10.5. The number of aliphatic hydroxyl groups is 2. The van der Waals surface area contributed by atoms with Crippen molar-refractivity contribution in [1.29, 1.82) is 0 Å². The maximum Gasteiger partial charge on any atom is 0.261 e. The lowest BCUT2D eigenvalue weighted by Crippen LogP contribution is -2.67. The Balaban J connectivity index is 1.87. The molecule has 0 radical (unpaired) electrons. The van der Waals surface area contributed by atoms with Gasteiger partial charge in [0.05, 0.1) is 24.4 Å². The minimum atomic E-state index is -2.60. The molecule has 0 aliphatic carbocycles. The molecule has 1 saturated heterocycles. The summed E-state index contributed by atoms with van der Waals surface area (Å²) in [5, 5.41) is 22.8. The molecule has 0 bridgehead atoms. The molecule has 2 aromatic rings. The van der Waals surface area contributed by atoms with E-state index in [1.165, 1.54) is 10.4 Å². The Bertz CT molecular complexity index is 856. The SMILES string of the molecule is C[C@H](C(O)[C@@H](C)O)[C@@H]1CC[C@H](C)[C@@H]([C@@H](C)CO[Si](c2ccccc2)(c2ccccc2)C(C)(C)C)O1. The van der Waals surface area contributed by atoms with Crippen molar-refractivity contribution in [1.82, 2.24) is 0 Å². The molecule has 1 aliphatic rings. The quantitative estimate of drug-likeness (QED) is 0.490. The van der Waals surface area contributed by atoms with Crippen molar-refractivity contribution in [2.45, 2.75) is 90.8 Å². The Morgan fingerprint density at radius 2 is 1.43 bits per heavy atom. The summed E-state index contributed by atoms with van der Waals surface area (Å²) >= 11 is 0. The lowest BCUT2D eigenvalue weighted by molar-refractivity contribution is -0.151. The van der Waals surface area contributed by atoms with Gasteiger partial charge in [0.25, 0.3) is 8.32 Å². The van der Waals surface area contributed by atoms with E-state index in [-0.39, 0.29) is 29.1 Å². The minimum absolute atomic E-state index is 0.0515. The summed E-state index contributed by atoms with van der Waals surface area (Å²) in [6, 6.07) is 21.5. The van der Waals surface area contributed by atoms with Gasteiger partial charge in [-0.25, -0.2) is 0 Å². The van der Waals surface area contributed by atoms with Crippen LogP contribution in [0.1, 0.15) is 61.3 Å². The zero-order chi connectivity index (χ0) is 25.8. The molecule has 4 nitrogen and oxygen atoms in total. The van der Waals surface area contributed by atoms with E-state index in [1.807, 2.05) is 6.92 Å².